The highest BCUT2D eigenvalue weighted by Crippen LogP contribution is 2.15. The van der Waals surface area contributed by atoms with Gasteiger partial charge in [0.1, 0.15) is 13.2 Å². The molecule has 1 atom stereocenters. The standard InChI is InChI=1S/C47H84O6/c1-4-7-10-13-16-18-20-22-23-25-26-28-31-34-37-40-46(49)52-43-44(42-51-45(48)39-36-33-30-15-12-9-6-3)53-47(50)41-38-35-32-29-27-24-21-19-17-14-11-8-5-2/h6,16,18,22-23,44H,3-5,7-15,17,19-21,24-43H2,1-2H3/b18-16-,23-22-. The van der Waals surface area contributed by atoms with Gasteiger partial charge in [0.15, 0.2) is 6.10 Å². The van der Waals surface area contributed by atoms with Gasteiger partial charge in [0, 0.05) is 19.3 Å². The summed E-state index contributed by atoms with van der Waals surface area (Å²) in [4.78, 5) is 37.6. The Hall–Kier alpha value is -2.37. The number of unbranched alkanes of at least 4 members (excludes halogenated alkanes) is 25. The Labute approximate surface area is 327 Å². The normalized spacial score (nSPS) is 12.0. The first-order chi connectivity index (χ1) is 26.0. The predicted molar refractivity (Wildman–Crippen MR) is 224 cm³/mol. The Morgan fingerprint density at radius 1 is 0.434 bits per heavy atom. The molecule has 0 aromatic rings. The Balaban J connectivity index is 4.31. The van der Waals surface area contributed by atoms with Crippen molar-refractivity contribution in [2.45, 2.75) is 232 Å². The van der Waals surface area contributed by atoms with E-state index < -0.39 is 6.10 Å². The lowest BCUT2D eigenvalue weighted by Gasteiger charge is -2.18. The summed E-state index contributed by atoms with van der Waals surface area (Å²) in [6.07, 6.45) is 46.0. The van der Waals surface area contributed by atoms with E-state index in [1.54, 1.807) is 0 Å². The summed E-state index contributed by atoms with van der Waals surface area (Å²) in [5.74, 6) is -0.917. The maximum atomic E-state index is 12.7. The minimum Gasteiger partial charge on any atom is -0.462 e. The van der Waals surface area contributed by atoms with Gasteiger partial charge in [-0.25, -0.2) is 0 Å². The predicted octanol–water partition coefficient (Wildman–Crippen LogP) is 14.2. The van der Waals surface area contributed by atoms with E-state index in [4.69, 9.17) is 14.2 Å². The number of esters is 3. The second-order valence-electron chi connectivity index (χ2n) is 15.0. The van der Waals surface area contributed by atoms with Crippen molar-refractivity contribution >= 4 is 17.9 Å². The fourth-order valence-electron chi connectivity index (χ4n) is 6.33. The van der Waals surface area contributed by atoms with Crippen LogP contribution in [0, 0.1) is 0 Å². The van der Waals surface area contributed by atoms with E-state index in [2.05, 4.69) is 44.7 Å². The van der Waals surface area contributed by atoms with Crippen molar-refractivity contribution in [3.05, 3.63) is 37.0 Å². The second kappa shape index (κ2) is 42.4. The summed E-state index contributed by atoms with van der Waals surface area (Å²) in [7, 11) is 0. The van der Waals surface area contributed by atoms with Crippen LogP contribution in [0.3, 0.4) is 0 Å². The van der Waals surface area contributed by atoms with Crippen molar-refractivity contribution in [2.24, 2.45) is 0 Å². The molecule has 0 amide bonds. The average Bonchev–Trinajstić information content (AvgIpc) is 3.15. The van der Waals surface area contributed by atoms with Gasteiger partial charge in [-0.05, 0) is 64.2 Å². The van der Waals surface area contributed by atoms with Gasteiger partial charge in [-0.15, -0.1) is 6.58 Å². The Morgan fingerprint density at radius 3 is 1.21 bits per heavy atom. The molecular weight excluding hydrogens is 661 g/mol. The van der Waals surface area contributed by atoms with Crippen LogP contribution in [0.15, 0.2) is 37.0 Å². The molecule has 0 aliphatic rings. The molecule has 6 heteroatoms. The number of carbonyl (C=O) groups is 3. The molecule has 53 heavy (non-hydrogen) atoms. The third-order valence-corrected chi connectivity index (χ3v) is 9.76. The lowest BCUT2D eigenvalue weighted by atomic mass is 10.0. The molecule has 0 bridgehead atoms. The number of rotatable bonds is 41. The summed E-state index contributed by atoms with van der Waals surface area (Å²) in [6, 6.07) is 0. The summed E-state index contributed by atoms with van der Waals surface area (Å²) >= 11 is 0. The van der Waals surface area contributed by atoms with E-state index in [1.807, 2.05) is 6.08 Å². The molecule has 0 N–H and O–H groups in total. The minimum atomic E-state index is -0.777. The Kier molecular flexibility index (Phi) is 40.5. The van der Waals surface area contributed by atoms with Crippen molar-refractivity contribution in [1.29, 1.82) is 0 Å². The molecule has 6 nitrogen and oxygen atoms in total. The molecule has 0 spiro atoms. The lowest BCUT2D eigenvalue weighted by molar-refractivity contribution is -0.167. The molecule has 0 aliphatic heterocycles. The highest BCUT2D eigenvalue weighted by molar-refractivity contribution is 5.71. The zero-order valence-corrected chi connectivity index (χ0v) is 34.9. The lowest BCUT2D eigenvalue weighted by Crippen LogP contribution is -2.30. The molecule has 0 saturated carbocycles. The van der Waals surface area contributed by atoms with E-state index in [1.165, 1.54) is 96.3 Å². The monoisotopic (exact) mass is 745 g/mol. The largest absolute Gasteiger partial charge is 0.462 e. The van der Waals surface area contributed by atoms with Gasteiger partial charge >= 0.3 is 17.9 Å². The molecule has 0 radical (unpaired) electrons. The van der Waals surface area contributed by atoms with Crippen LogP contribution in [-0.2, 0) is 28.6 Å². The van der Waals surface area contributed by atoms with Gasteiger partial charge in [-0.2, -0.15) is 0 Å². The highest BCUT2D eigenvalue weighted by Gasteiger charge is 2.19. The van der Waals surface area contributed by atoms with E-state index in [9.17, 15) is 14.4 Å². The van der Waals surface area contributed by atoms with Crippen molar-refractivity contribution in [3.63, 3.8) is 0 Å². The number of hydrogen-bond acceptors (Lipinski definition) is 6. The zero-order valence-electron chi connectivity index (χ0n) is 34.9. The second-order valence-corrected chi connectivity index (χ2v) is 15.0. The maximum Gasteiger partial charge on any atom is 0.306 e. The van der Waals surface area contributed by atoms with Gasteiger partial charge < -0.3 is 14.2 Å². The summed E-state index contributed by atoms with van der Waals surface area (Å²) in [5.41, 5.74) is 0. The summed E-state index contributed by atoms with van der Waals surface area (Å²) in [5, 5.41) is 0. The van der Waals surface area contributed by atoms with E-state index in [0.717, 1.165) is 96.3 Å². The van der Waals surface area contributed by atoms with Gasteiger partial charge in [0.2, 0.25) is 0 Å². The molecule has 0 fully saturated rings. The van der Waals surface area contributed by atoms with Crippen molar-refractivity contribution < 1.29 is 28.6 Å². The van der Waals surface area contributed by atoms with Crippen LogP contribution in [0.25, 0.3) is 0 Å². The number of ether oxygens (including phenoxy) is 3. The van der Waals surface area contributed by atoms with Crippen LogP contribution >= 0.6 is 0 Å². The first-order valence-corrected chi connectivity index (χ1v) is 22.4. The first-order valence-electron chi connectivity index (χ1n) is 22.4. The van der Waals surface area contributed by atoms with Crippen LogP contribution < -0.4 is 0 Å². The number of carbonyl (C=O) groups excluding carboxylic acids is 3. The van der Waals surface area contributed by atoms with E-state index in [0.29, 0.717) is 19.3 Å². The molecule has 308 valence electrons. The minimum absolute atomic E-state index is 0.0833. The summed E-state index contributed by atoms with van der Waals surface area (Å²) in [6.45, 7) is 8.08. The third-order valence-electron chi connectivity index (χ3n) is 9.76. The van der Waals surface area contributed by atoms with Crippen LogP contribution in [0.5, 0.6) is 0 Å². The highest BCUT2D eigenvalue weighted by atomic mass is 16.6. The first kappa shape index (κ1) is 50.6. The summed E-state index contributed by atoms with van der Waals surface area (Å²) < 4.78 is 16.6. The molecule has 0 saturated heterocycles. The fourth-order valence-corrected chi connectivity index (χ4v) is 6.33. The Morgan fingerprint density at radius 2 is 0.774 bits per heavy atom. The maximum absolute atomic E-state index is 12.7. The number of allylic oxidation sites excluding steroid dienone is 5. The van der Waals surface area contributed by atoms with Gasteiger partial charge in [-0.3, -0.25) is 14.4 Å². The van der Waals surface area contributed by atoms with Crippen molar-refractivity contribution in [2.75, 3.05) is 13.2 Å². The van der Waals surface area contributed by atoms with Crippen LogP contribution in [0.2, 0.25) is 0 Å². The number of hydrogen-bond donors (Lipinski definition) is 0. The van der Waals surface area contributed by atoms with Gasteiger partial charge in [0.25, 0.3) is 0 Å². The fraction of sp³-hybridized carbons (Fsp3) is 0.809. The zero-order chi connectivity index (χ0) is 38.7. The molecule has 0 heterocycles. The molecule has 0 aromatic carbocycles. The Bertz CT molecular complexity index is 893. The van der Waals surface area contributed by atoms with Gasteiger partial charge in [0.05, 0.1) is 0 Å². The van der Waals surface area contributed by atoms with Crippen molar-refractivity contribution in [3.8, 4) is 0 Å². The van der Waals surface area contributed by atoms with E-state index >= 15 is 0 Å². The quantitative estimate of drug-likeness (QED) is 0.0268. The van der Waals surface area contributed by atoms with Crippen LogP contribution in [0.4, 0.5) is 0 Å². The molecule has 0 aromatic heterocycles. The average molecular weight is 745 g/mol. The topological polar surface area (TPSA) is 78.9 Å². The van der Waals surface area contributed by atoms with Crippen molar-refractivity contribution in [1.82, 2.24) is 0 Å². The smallest absolute Gasteiger partial charge is 0.306 e. The molecule has 0 aliphatic carbocycles. The van der Waals surface area contributed by atoms with Crippen LogP contribution in [0.1, 0.15) is 226 Å². The molecular formula is C47H84O6. The van der Waals surface area contributed by atoms with Crippen LogP contribution in [-0.4, -0.2) is 37.2 Å². The van der Waals surface area contributed by atoms with E-state index in [-0.39, 0.29) is 31.1 Å². The molecule has 0 rings (SSSR count). The van der Waals surface area contributed by atoms with Gasteiger partial charge in [-0.1, -0.05) is 173 Å². The molecule has 1 unspecified atom stereocenters. The SMILES string of the molecule is C=CCCCCCCCC(=O)OCC(COC(=O)CCCCCCC/C=C\C/C=C\CCCCC)OC(=O)CCCCCCCCCCCCCCC. The third kappa shape index (κ3) is 40.6.